The summed E-state index contributed by atoms with van der Waals surface area (Å²) >= 11 is 0.678. The first-order chi connectivity index (χ1) is 16.2. The summed E-state index contributed by atoms with van der Waals surface area (Å²) in [5, 5.41) is 12.7. The molecule has 1 heterocycles. The standard InChI is InChI=1S/C21H18N4O8S/c1-32-16-7-12(8-17-20(28)24(10-18(22)26)21(29)34-17)5-6-15(16)33-11-19(27)23-13-3-2-4-14(9-13)25(30)31/h2-9H,10-11H2,1H3,(H2,22,26)(H,23,27)/b17-8-. The highest BCUT2D eigenvalue weighted by atomic mass is 32.2. The lowest BCUT2D eigenvalue weighted by Gasteiger charge is -2.12. The van der Waals surface area contributed by atoms with Gasteiger partial charge < -0.3 is 20.5 Å². The minimum atomic E-state index is -0.804. The van der Waals surface area contributed by atoms with Crippen LogP contribution in [0.4, 0.5) is 16.2 Å². The first-order valence-corrected chi connectivity index (χ1v) is 10.4. The van der Waals surface area contributed by atoms with Gasteiger partial charge in [-0.15, -0.1) is 0 Å². The summed E-state index contributed by atoms with van der Waals surface area (Å²) < 4.78 is 10.8. The summed E-state index contributed by atoms with van der Waals surface area (Å²) in [5.74, 6) is -1.49. The largest absolute Gasteiger partial charge is 0.493 e. The van der Waals surface area contributed by atoms with Crippen molar-refractivity contribution in [3.8, 4) is 11.5 Å². The highest BCUT2D eigenvalue weighted by Gasteiger charge is 2.35. The Kier molecular flexibility index (Phi) is 7.48. The Balaban J connectivity index is 1.67. The Morgan fingerprint density at radius 1 is 1.21 bits per heavy atom. The van der Waals surface area contributed by atoms with Crippen LogP contribution in [0, 0.1) is 10.1 Å². The molecule has 176 valence electrons. The van der Waals surface area contributed by atoms with Crippen molar-refractivity contribution in [3.63, 3.8) is 0 Å². The number of primary amides is 1. The van der Waals surface area contributed by atoms with Crippen molar-refractivity contribution < 1.29 is 33.6 Å². The molecule has 3 rings (SSSR count). The minimum Gasteiger partial charge on any atom is -0.493 e. The van der Waals surface area contributed by atoms with Gasteiger partial charge in [0.15, 0.2) is 18.1 Å². The van der Waals surface area contributed by atoms with Gasteiger partial charge in [0.1, 0.15) is 6.54 Å². The number of benzene rings is 2. The normalized spacial score (nSPS) is 14.3. The number of carbonyl (C=O) groups is 4. The van der Waals surface area contributed by atoms with Crippen LogP contribution >= 0.6 is 11.8 Å². The third kappa shape index (κ3) is 5.89. The maximum absolute atomic E-state index is 12.3. The maximum atomic E-state index is 12.3. The van der Waals surface area contributed by atoms with E-state index < -0.39 is 41.0 Å². The molecule has 4 amide bonds. The average molecular weight is 486 g/mol. The molecule has 0 aliphatic carbocycles. The van der Waals surface area contributed by atoms with Gasteiger partial charge in [-0.1, -0.05) is 12.1 Å². The fourth-order valence-electron chi connectivity index (χ4n) is 2.87. The molecule has 3 N–H and O–H groups in total. The van der Waals surface area contributed by atoms with Gasteiger partial charge in [-0.25, -0.2) is 0 Å². The van der Waals surface area contributed by atoms with Crippen molar-refractivity contribution in [1.82, 2.24) is 4.90 Å². The fourth-order valence-corrected chi connectivity index (χ4v) is 3.71. The van der Waals surface area contributed by atoms with Gasteiger partial charge in [-0.2, -0.15) is 0 Å². The van der Waals surface area contributed by atoms with Crippen molar-refractivity contribution >= 4 is 52.2 Å². The van der Waals surface area contributed by atoms with Gasteiger partial charge in [0.25, 0.3) is 22.7 Å². The van der Waals surface area contributed by atoms with Gasteiger partial charge in [-0.05, 0) is 41.6 Å². The molecule has 0 spiro atoms. The number of nitro groups is 1. The zero-order valence-electron chi connectivity index (χ0n) is 17.7. The highest BCUT2D eigenvalue weighted by molar-refractivity contribution is 8.18. The molecule has 0 radical (unpaired) electrons. The molecule has 12 nitrogen and oxygen atoms in total. The quantitative estimate of drug-likeness (QED) is 0.306. The van der Waals surface area contributed by atoms with E-state index in [1.807, 2.05) is 0 Å². The summed E-state index contributed by atoms with van der Waals surface area (Å²) in [6, 6.07) is 10.1. The van der Waals surface area contributed by atoms with Gasteiger partial charge in [0, 0.05) is 17.8 Å². The number of thioether (sulfide) groups is 1. The van der Waals surface area contributed by atoms with Crippen LogP contribution in [0.2, 0.25) is 0 Å². The predicted molar refractivity (Wildman–Crippen MR) is 122 cm³/mol. The van der Waals surface area contributed by atoms with Crippen LogP contribution < -0.4 is 20.5 Å². The molecule has 0 aromatic heterocycles. The van der Waals surface area contributed by atoms with Gasteiger partial charge >= 0.3 is 0 Å². The van der Waals surface area contributed by atoms with Crippen molar-refractivity contribution in [1.29, 1.82) is 0 Å². The van der Waals surface area contributed by atoms with Crippen LogP contribution in [-0.2, 0) is 14.4 Å². The number of carbonyl (C=O) groups excluding carboxylic acids is 4. The lowest BCUT2D eigenvalue weighted by atomic mass is 10.2. The second kappa shape index (κ2) is 10.5. The van der Waals surface area contributed by atoms with Gasteiger partial charge in [0.05, 0.1) is 16.9 Å². The number of rotatable bonds is 9. The summed E-state index contributed by atoms with van der Waals surface area (Å²) in [6.07, 6.45) is 1.45. The number of amides is 4. The van der Waals surface area contributed by atoms with E-state index in [4.69, 9.17) is 15.2 Å². The topological polar surface area (TPSA) is 171 Å². The second-order valence-electron chi connectivity index (χ2n) is 6.79. The highest BCUT2D eigenvalue weighted by Crippen LogP contribution is 2.34. The van der Waals surface area contributed by atoms with Crippen molar-refractivity contribution in [2.75, 3.05) is 25.6 Å². The SMILES string of the molecule is COc1cc(/C=C2\SC(=O)N(CC(N)=O)C2=O)ccc1OCC(=O)Nc1cccc([N+](=O)[O-])c1. The van der Waals surface area contributed by atoms with Crippen molar-refractivity contribution in [3.05, 3.63) is 63.0 Å². The Morgan fingerprint density at radius 2 is 1.97 bits per heavy atom. The number of hydrogen-bond donors (Lipinski definition) is 2. The number of hydrogen-bond acceptors (Lipinski definition) is 9. The van der Waals surface area contributed by atoms with E-state index in [0.29, 0.717) is 17.3 Å². The summed E-state index contributed by atoms with van der Waals surface area (Å²) in [4.78, 5) is 58.6. The van der Waals surface area contributed by atoms with Crippen LogP contribution in [0.5, 0.6) is 11.5 Å². The van der Waals surface area contributed by atoms with E-state index in [0.717, 1.165) is 4.90 Å². The molecular formula is C21H18N4O8S. The third-order valence-electron chi connectivity index (χ3n) is 4.37. The monoisotopic (exact) mass is 486 g/mol. The molecule has 0 saturated carbocycles. The predicted octanol–water partition coefficient (Wildman–Crippen LogP) is 2.14. The Hall–Kier alpha value is -4.39. The molecule has 0 unspecified atom stereocenters. The molecule has 1 aliphatic rings. The number of non-ortho nitro benzene ring substituents is 1. The third-order valence-corrected chi connectivity index (χ3v) is 5.28. The van der Waals surface area contributed by atoms with Crippen LogP contribution in [0.1, 0.15) is 5.56 Å². The number of nitrogens with two attached hydrogens (primary N) is 1. The molecule has 1 aliphatic heterocycles. The number of nitro benzene ring substituents is 1. The fraction of sp³-hybridized carbons (Fsp3) is 0.143. The van der Waals surface area contributed by atoms with Crippen molar-refractivity contribution in [2.45, 2.75) is 0 Å². The van der Waals surface area contributed by atoms with Crippen LogP contribution in [-0.4, -0.2) is 53.0 Å². The molecule has 13 heteroatoms. The van der Waals surface area contributed by atoms with Crippen molar-refractivity contribution in [2.24, 2.45) is 5.73 Å². The first kappa shape index (κ1) is 24.3. The number of imide groups is 1. The Bertz CT molecular complexity index is 1210. The summed E-state index contributed by atoms with van der Waals surface area (Å²) in [6.45, 7) is -0.902. The lowest BCUT2D eigenvalue weighted by molar-refractivity contribution is -0.384. The van der Waals surface area contributed by atoms with Crippen LogP contribution in [0.3, 0.4) is 0 Å². The van der Waals surface area contributed by atoms with Crippen LogP contribution in [0.15, 0.2) is 47.4 Å². The smallest absolute Gasteiger partial charge is 0.294 e. The Labute approximate surface area is 196 Å². The number of methoxy groups -OCH3 is 1. The molecular weight excluding hydrogens is 468 g/mol. The molecule has 34 heavy (non-hydrogen) atoms. The molecule has 1 fully saturated rings. The van der Waals surface area contributed by atoms with E-state index in [9.17, 15) is 29.3 Å². The lowest BCUT2D eigenvalue weighted by Crippen LogP contribution is -2.36. The number of nitrogens with zero attached hydrogens (tertiary/aromatic N) is 2. The van der Waals surface area contributed by atoms with E-state index in [2.05, 4.69) is 5.32 Å². The van der Waals surface area contributed by atoms with E-state index in [1.165, 1.54) is 49.6 Å². The zero-order chi connectivity index (χ0) is 24.8. The van der Waals surface area contributed by atoms with Gasteiger partial charge in [-0.3, -0.25) is 34.2 Å². The van der Waals surface area contributed by atoms with E-state index in [1.54, 1.807) is 6.07 Å². The van der Waals surface area contributed by atoms with E-state index >= 15 is 0 Å². The van der Waals surface area contributed by atoms with E-state index in [-0.39, 0.29) is 27.8 Å². The summed E-state index contributed by atoms with van der Waals surface area (Å²) in [5.41, 5.74) is 5.65. The number of anilines is 1. The van der Waals surface area contributed by atoms with Crippen LogP contribution in [0.25, 0.3) is 6.08 Å². The summed E-state index contributed by atoms with van der Waals surface area (Å²) in [7, 11) is 1.38. The molecule has 2 aromatic rings. The molecule has 2 aromatic carbocycles. The number of nitrogens with one attached hydrogen (secondary N) is 1. The second-order valence-corrected chi connectivity index (χ2v) is 7.78. The maximum Gasteiger partial charge on any atom is 0.294 e. The molecule has 0 atom stereocenters. The zero-order valence-corrected chi connectivity index (χ0v) is 18.5. The molecule has 0 bridgehead atoms. The Morgan fingerprint density at radius 3 is 2.65 bits per heavy atom. The number of ether oxygens (including phenoxy) is 2. The van der Waals surface area contributed by atoms with Gasteiger partial charge in [0.2, 0.25) is 5.91 Å². The first-order valence-electron chi connectivity index (χ1n) is 9.56. The average Bonchev–Trinajstić information content (AvgIpc) is 3.05. The molecule has 1 saturated heterocycles. The minimum absolute atomic E-state index is 0.110.